The van der Waals surface area contributed by atoms with Crippen molar-refractivity contribution < 1.29 is 24.2 Å². The molecule has 2 aliphatic heterocycles. The van der Waals surface area contributed by atoms with Gasteiger partial charge >= 0.3 is 0 Å². The number of nitrogens with zero attached hydrogens (tertiary/aromatic N) is 1. The van der Waals surface area contributed by atoms with Crippen molar-refractivity contribution in [3.63, 3.8) is 0 Å². The fraction of sp³-hybridized carbons (Fsp3) is 0.591. The molecule has 7 heteroatoms. The van der Waals surface area contributed by atoms with Gasteiger partial charge in [-0.15, -0.1) is 0 Å². The van der Waals surface area contributed by atoms with Crippen LogP contribution in [0.3, 0.4) is 0 Å². The van der Waals surface area contributed by atoms with Gasteiger partial charge in [-0.2, -0.15) is 0 Å². The number of amides is 1. The van der Waals surface area contributed by atoms with Crippen LogP contribution in [0.1, 0.15) is 51.0 Å². The number of hydrogen-bond donors (Lipinski definition) is 2. The molecule has 2 heterocycles. The molecule has 1 aromatic rings. The predicted octanol–water partition coefficient (Wildman–Crippen LogP) is 2.63. The smallest absolute Gasteiger partial charge is 0.261 e. The molecule has 1 unspecified atom stereocenters. The second-order valence-corrected chi connectivity index (χ2v) is 8.28. The number of carbonyl (C=O) groups excluding carboxylic acids is 1. The van der Waals surface area contributed by atoms with E-state index in [1.54, 1.807) is 18.9 Å². The third-order valence-corrected chi connectivity index (χ3v) is 6.04. The molecule has 4 rings (SSSR count). The number of methoxy groups -OCH3 is 1. The van der Waals surface area contributed by atoms with Crippen molar-refractivity contribution in [3.05, 3.63) is 29.8 Å². The van der Waals surface area contributed by atoms with E-state index in [9.17, 15) is 9.90 Å². The maximum absolute atomic E-state index is 13.0. The quantitative estimate of drug-likeness (QED) is 0.788. The molecule has 2 N–H and O–H groups in total. The molecule has 1 saturated carbocycles. The standard InChI is InChI=1S/C22H30N2O5/c1-22(21(26)24-11-9-16(25)10-12-24)14-18(23-29-22)15-7-8-19(27-2)20(13-15)28-17-5-3-4-6-17/h7-8,13-14,16-17,23,25H,3-6,9-12H2,1-2H3. The van der Waals surface area contributed by atoms with Crippen LogP contribution in [-0.2, 0) is 9.63 Å². The third kappa shape index (κ3) is 4.21. The zero-order valence-corrected chi connectivity index (χ0v) is 17.1. The van der Waals surface area contributed by atoms with Gasteiger partial charge < -0.3 is 19.5 Å². The van der Waals surface area contributed by atoms with E-state index in [1.807, 2.05) is 24.3 Å². The van der Waals surface area contributed by atoms with Gasteiger partial charge in [-0.3, -0.25) is 15.1 Å². The molecule has 1 aromatic carbocycles. The lowest BCUT2D eigenvalue weighted by molar-refractivity contribution is -0.154. The normalized spacial score (nSPS) is 25.6. The minimum atomic E-state index is -1.08. The summed E-state index contributed by atoms with van der Waals surface area (Å²) in [5.41, 5.74) is 3.45. The fourth-order valence-corrected chi connectivity index (χ4v) is 4.25. The van der Waals surface area contributed by atoms with E-state index in [2.05, 4.69) is 5.48 Å². The Morgan fingerprint density at radius 2 is 1.93 bits per heavy atom. The summed E-state index contributed by atoms with van der Waals surface area (Å²) in [5, 5.41) is 9.68. The minimum Gasteiger partial charge on any atom is -0.493 e. The number of piperidine rings is 1. The van der Waals surface area contributed by atoms with Crippen LogP contribution < -0.4 is 15.0 Å². The average Bonchev–Trinajstić information content (AvgIpc) is 3.38. The fourth-order valence-electron chi connectivity index (χ4n) is 4.25. The number of hydroxylamine groups is 1. The number of ether oxygens (including phenoxy) is 2. The van der Waals surface area contributed by atoms with Crippen LogP contribution in [0.5, 0.6) is 11.5 Å². The Morgan fingerprint density at radius 3 is 2.62 bits per heavy atom. The number of rotatable bonds is 5. The predicted molar refractivity (Wildman–Crippen MR) is 108 cm³/mol. The van der Waals surface area contributed by atoms with Gasteiger partial charge in [0, 0.05) is 18.7 Å². The summed E-state index contributed by atoms with van der Waals surface area (Å²) in [6.45, 7) is 2.86. The third-order valence-electron chi connectivity index (χ3n) is 6.04. The van der Waals surface area contributed by atoms with Crippen molar-refractivity contribution in [1.29, 1.82) is 0 Å². The highest BCUT2D eigenvalue weighted by atomic mass is 16.7. The van der Waals surface area contributed by atoms with Crippen LogP contribution >= 0.6 is 0 Å². The van der Waals surface area contributed by atoms with Gasteiger partial charge in [-0.05, 0) is 69.7 Å². The molecule has 7 nitrogen and oxygen atoms in total. The summed E-state index contributed by atoms with van der Waals surface area (Å²) in [6.07, 6.45) is 7.45. The highest BCUT2D eigenvalue weighted by Crippen LogP contribution is 2.36. The van der Waals surface area contributed by atoms with Gasteiger partial charge in [0.2, 0.25) is 0 Å². The number of likely N-dealkylation sites (tertiary alicyclic amines) is 1. The van der Waals surface area contributed by atoms with Crippen LogP contribution in [0, 0.1) is 0 Å². The Morgan fingerprint density at radius 1 is 1.21 bits per heavy atom. The molecule has 1 saturated heterocycles. The molecular weight excluding hydrogens is 372 g/mol. The van der Waals surface area contributed by atoms with Crippen LogP contribution in [0.25, 0.3) is 5.70 Å². The largest absolute Gasteiger partial charge is 0.493 e. The van der Waals surface area contributed by atoms with Crippen molar-refractivity contribution >= 4 is 11.6 Å². The number of aliphatic hydroxyl groups is 1. The summed E-state index contributed by atoms with van der Waals surface area (Å²) in [7, 11) is 1.64. The Bertz CT molecular complexity index is 781. The molecule has 0 bridgehead atoms. The van der Waals surface area contributed by atoms with Crippen LogP contribution in [-0.4, -0.2) is 53.9 Å². The Labute approximate surface area is 171 Å². The Balaban J connectivity index is 1.52. The lowest BCUT2D eigenvalue weighted by atomic mass is 9.99. The molecule has 1 atom stereocenters. The number of nitrogens with one attached hydrogen (secondary N) is 1. The molecule has 0 radical (unpaired) electrons. The van der Waals surface area contributed by atoms with Gasteiger partial charge in [0.05, 0.1) is 25.0 Å². The van der Waals surface area contributed by atoms with E-state index in [0.29, 0.717) is 37.4 Å². The Kier molecular flexibility index (Phi) is 5.69. The number of benzene rings is 1. The SMILES string of the molecule is COc1ccc(C2=CC(C)(C(=O)N3CCC(O)CC3)ON2)cc1OC1CCCC1. The molecule has 29 heavy (non-hydrogen) atoms. The minimum absolute atomic E-state index is 0.0946. The van der Waals surface area contributed by atoms with Crippen molar-refractivity contribution in [2.75, 3.05) is 20.2 Å². The van der Waals surface area contributed by atoms with E-state index in [0.717, 1.165) is 24.1 Å². The van der Waals surface area contributed by atoms with Crippen LogP contribution in [0.2, 0.25) is 0 Å². The van der Waals surface area contributed by atoms with E-state index in [1.165, 1.54) is 12.8 Å². The van der Waals surface area contributed by atoms with Crippen molar-refractivity contribution in [3.8, 4) is 11.5 Å². The lowest BCUT2D eigenvalue weighted by Crippen LogP contribution is -2.50. The Hall–Kier alpha value is -2.25. The maximum Gasteiger partial charge on any atom is 0.261 e. The number of aliphatic hydroxyl groups excluding tert-OH is 1. The van der Waals surface area contributed by atoms with E-state index in [4.69, 9.17) is 14.3 Å². The van der Waals surface area contributed by atoms with Gasteiger partial charge in [-0.25, -0.2) is 0 Å². The summed E-state index contributed by atoms with van der Waals surface area (Å²) in [4.78, 5) is 20.5. The van der Waals surface area contributed by atoms with Gasteiger partial charge in [-0.1, -0.05) is 0 Å². The first-order valence-electron chi connectivity index (χ1n) is 10.5. The highest BCUT2D eigenvalue weighted by molar-refractivity contribution is 5.90. The summed E-state index contributed by atoms with van der Waals surface area (Å²) < 4.78 is 11.6. The summed E-state index contributed by atoms with van der Waals surface area (Å²) >= 11 is 0. The van der Waals surface area contributed by atoms with E-state index in [-0.39, 0.29) is 18.1 Å². The molecule has 3 aliphatic rings. The van der Waals surface area contributed by atoms with Crippen molar-refractivity contribution in [2.45, 2.75) is 63.3 Å². The zero-order valence-electron chi connectivity index (χ0n) is 17.1. The van der Waals surface area contributed by atoms with E-state index < -0.39 is 5.60 Å². The first kappa shape index (κ1) is 20.0. The number of carbonyl (C=O) groups is 1. The molecule has 158 valence electrons. The van der Waals surface area contributed by atoms with Crippen molar-refractivity contribution in [1.82, 2.24) is 10.4 Å². The second kappa shape index (κ2) is 8.24. The highest BCUT2D eigenvalue weighted by Gasteiger charge is 2.42. The molecular formula is C22H30N2O5. The van der Waals surface area contributed by atoms with Gasteiger partial charge in [0.25, 0.3) is 5.91 Å². The number of hydrogen-bond acceptors (Lipinski definition) is 6. The van der Waals surface area contributed by atoms with Gasteiger partial charge in [0.1, 0.15) is 0 Å². The van der Waals surface area contributed by atoms with Gasteiger partial charge in [0.15, 0.2) is 17.1 Å². The second-order valence-electron chi connectivity index (χ2n) is 8.28. The molecule has 0 aromatic heterocycles. The van der Waals surface area contributed by atoms with Crippen LogP contribution in [0.4, 0.5) is 0 Å². The molecule has 0 spiro atoms. The summed E-state index contributed by atoms with van der Waals surface area (Å²) in [6, 6.07) is 5.74. The maximum atomic E-state index is 13.0. The first-order valence-corrected chi connectivity index (χ1v) is 10.5. The van der Waals surface area contributed by atoms with E-state index >= 15 is 0 Å². The molecule has 1 amide bonds. The average molecular weight is 402 g/mol. The lowest BCUT2D eigenvalue weighted by Gasteiger charge is -2.33. The zero-order chi connectivity index (χ0) is 20.4. The summed E-state index contributed by atoms with van der Waals surface area (Å²) in [5.74, 6) is 1.32. The first-order chi connectivity index (χ1) is 14.0. The molecule has 1 aliphatic carbocycles. The van der Waals surface area contributed by atoms with Crippen molar-refractivity contribution in [2.24, 2.45) is 0 Å². The monoisotopic (exact) mass is 402 g/mol. The molecule has 2 fully saturated rings. The topological polar surface area (TPSA) is 80.3 Å². The van der Waals surface area contributed by atoms with Crippen LogP contribution in [0.15, 0.2) is 24.3 Å².